The van der Waals surface area contributed by atoms with Crippen LogP contribution in [0, 0.1) is 5.92 Å². The Bertz CT molecular complexity index is 412. The van der Waals surface area contributed by atoms with Crippen LogP contribution in [0.3, 0.4) is 0 Å². The van der Waals surface area contributed by atoms with Crippen molar-refractivity contribution in [2.24, 2.45) is 5.92 Å². The number of nitrogens with one attached hydrogen (secondary N) is 2. The van der Waals surface area contributed by atoms with Crippen LogP contribution in [0.1, 0.15) is 32.6 Å². The molecule has 0 bridgehead atoms. The fourth-order valence-electron chi connectivity index (χ4n) is 2.90. The number of carbonyl (C=O) groups is 3. The number of nitrogens with zero attached hydrogens (tertiary/aromatic N) is 1. The maximum Gasteiger partial charge on any atom is 0.318 e. The lowest BCUT2D eigenvalue weighted by Gasteiger charge is -2.36. The first-order valence-corrected chi connectivity index (χ1v) is 7.08. The molecule has 0 radical (unpaired) electrons. The Morgan fingerprint density at radius 2 is 2.05 bits per heavy atom. The predicted molar refractivity (Wildman–Crippen MR) is 71.1 cm³/mol. The molecular formula is C13H21N3O4. The third-order valence-electron chi connectivity index (χ3n) is 4.15. The topological polar surface area (TPSA) is 98.7 Å². The normalized spacial score (nSPS) is 30.6. The Labute approximate surface area is 117 Å². The van der Waals surface area contributed by atoms with Gasteiger partial charge in [0.2, 0.25) is 5.91 Å². The van der Waals surface area contributed by atoms with E-state index in [0.29, 0.717) is 25.9 Å². The third kappa shape index (κ3) is 3.02. The summed E-state index contributed by atoms with van der Waals surface area (Å²) in [7, 11) is 0. The number of carboxylic acid groups (broad SMARTS) is 1. The highest BCUT2D eigenvalue weighted by Crippen LogP contribution is 2.25. The van der Waals surface area contributed by atoms with Crippen LogP contribution in [0.4, 0.5) is 4.79 Å². The van der Waals surface area contributed by atoms with Gasteiger partial charge in [0.1, 0.15) is 6.04 Å². The highest BCUT2D eigenvalue weighted by molar-refractivity contribution is 5.88. The van der Waals surface area contributed by atoms with E-state index >= 15 is 0 Å². The van der Waals surface area contributed by atoms with Crippen molar-refractivity contribution < 1.29 is 19.5 Å². The van der Waals surface area contributed by atoms with E-state index in [-0.39, 0.29) is 18.0 Å². The van der Waals surface area contributed by atoms with Gasteiger partial charge in [-0.25, -0.2) is 4.79 Å². The molecule has 1 saturated heterocycles. The van der Waals surface area contributed by atoms with Crippen LogP contribution in [0.25, 0.3) is 0 Å². The fraction of sp³-hybridized carbons (Fsp3) is 0.769. The number of hydrogen-bond donors (Lipinski definition) is 3. The number of rotatable bonds is 2. The molecule has 2 aliphatic rings. The van der Waals surface area contributed by atoms with Gasteiger partial charge in [0.25, 0.3) is 0 Å². The number of hydrogen-bond acceptors (Lipinski definition) is 3. The van der Waals surface area contributed by atoms with Gasteiger partial charge in [-0.05, 0) is 19.8 Å². The molecule has 0 spiro atoms. The maximum absolute atomic E-state index is 12.2. The lowest BCUT2D eigenvalue weighted by Crippen LogP contribution is -2.60. The van der Waals surface area contributed by atoms with Crippen molar-refractivity contribution in [2.45, 2.75) is 44.7 Å². The largest absolute Gasteiger partial charge is 0.481 e. The SMILES string of the molecule is CC1C(=O)NCCN1C(=O)NC1CCCCC1C(=O)O. The molecule has 0 aromatic rings. The Balaban J connectivity index is 1.99. The molecule has 20 heavy (non-hydrogen) atoms. The number of carboxylic acids is 1. The fourth-order valence-corrected chi connectivity index (χ4v) is 2.90. The zero-order chi connectivity index (χ0) is 14.7. The lowest BCUT2D eigenvalue weighted by molar-refractivity contribution is -0.143. The summed E-state index contributed by atoms with van der Waals surface area (Å²) in [6, 6.07) is -1.20. The molecule has 0 aromatic carbocycles. The maximum atomic E-state index is 12.2. The summed E-state index contributed by atoms with van der Waals surface area (Å²) in [5.74, 6) is -1.56. The molecule has 3 atom stereocenters. The van der Waals surface area contributed by atoms with Crippen LogP contribution in [0.5, 0.6) is 0 Å². The van der Waals surface area contributed by atoms with Gasteiger partial charge < -0.3 is 20.6 Å². The van der Waals surface area contributed by atoms with Gasteiger partial charge in [-0.3, -0.25) is 9.59 Å². The number of amides is 3. The Morgan fingerprint density at radius 3 is 2.75 bits per heavy atom. The number of piperazine rings is 1. The highest BCUT2D eigenvalue weighted by atomic mass is 16.4. The zero-order valence-corrected chi connectivity index (χ0v) is 11.6. The van der Waals surface area contributed by atoms with Gasteiger partial charge >= 0.3 is 12.0 Å². The van der Waals surface area contributed by atoms with Crippen molar-refractivity contribution in [3.8, 4) is 0 Å². The van der Waals surface area contributed by atoms with Crippen LogP contribution in [0.15, 0.2) is 0 Å². The summed E-state index contributed by atoms with van der Waals surface area (Å²) >= 11 is 0. The van der Waals surface area contributed by atoms with Gasteiger partial charge in [-0.1, -0.05) is 12.8 Å². The van der Waals surface area contributed by atoms with Crippen LogP contribution in [-0.2, 0) is 9.59 Å². The van der Waals surface area contributed by atoms with E-state index in [9.17, 15) is 19.5 Å². The van der Waals surface area contributed by atoms with Gasteiger partial charge in [0.05, 0.1) is 5.92 Å². The Kier molecular flexibility index (Phi) is 4.46. The quantitative estimate of drug-likeness (QED) is 0.672. The average Bonchev–Trinajstić information content (AvgIpc) is 2.42. The van der Waals surface area contributed by atoms with Crippen LogP contribution >= 0.6 is 0 Å². The first-order chi connectivity index (χ1) is 9.50. The van der Waals surface area contributed by atoms with E-state index in [0.717, 1.165) is 12.8 Å². The summed E-state index contributed by atoms with van der Waals surface area (Å²) in [4.78, 5) is 36.5. The minimum Gasteiger partial charge on any atom is -0.481 e. The molecule has 2 rings (SSSR count). The number of carbonyl (C=O) groups excluding carboxylic acids is 2. The molecule has 1 aliphatic carbocycles. The van der Waals surface area contributed by atoms with E-state index in [1.165, 1.54) is 4.90 Å². The molecule has 0 aromatic heterocycles. The molecule has 7 heteroatoms. The van der Waals surface area contributed by atoms with E-state index in [1.54, 1.807) is 6.92 Å². The van der Waals surface area contributed by atoms with Gasteiger partial charge in [0.15, 0.2) is 0 Å². The van der Waals surface area contributed by atoms with Crippen molar-refractivity contribution in [1.82, 2.24) is 15.5 Å². The first-order valence-electron chi connectivity index (χ1n) is 7.08. The molecule has 112 valence electrons. The lowest BCUT2D eigenvalue weighted by atomic mass is 9.84. The zero-order valence-electron chi connectivity index (χ0n) is 11.6. The summed E-state index contributed by atoms with van der Waals surface area (Å²) < 4.78 is 0. The Hall–Kier alpha value is -1.79. The predicted octanol–water partition coefficient (Wildman–Crippen LogP) is 0.160. The van der Waals surface area contributed by atoms with Crippen molar-refractivity contribution >= 4 is 17.9 Å². The van der Waals surface area contributed by atoms with Gasteiger partial charge in [-0.15, -0.1) is 0 Å². The second kappa shape index (κ2) is 6.11. The first kappa shape index (κ1) is 14.6. The summed E-state index contributed by atoms with van der Waals surface area (Å²) in [6.07, 6.45) is 3.07. The van der Waals surface area contributed by atoms with Crippen molar-refractivity contribution in [2.75, 3.05) is 13.1 Å². The van der Waals surface area contributed by atoms with E-state index in [4.69, 9.17) is 0 Å². The average molecular weight is 283 g/mol. The second-order valence-corrected chi connectivity index (χ2v) is 5.45. The smallest absolute Gasteiger partial charge is 0.318 e. The third-order valence-corrected chi connectivity index (χ3v) is 4.15. The minimum atomic E-state index is -0.862. The highest BCUT2D eigenvalue weighted by Gasteiger charge is 2.35. The molecule has 3 amide bonds. The number of aliphatic carboxylic acids is 1. The summed E-state index contributed by atoms with van der Waals surface area (Å²) in [5, 5.41) is 14.7. The summed E-state index contributed by atoms with van der Waals surface area (Å²) in [5.41, 5.74) is 0. The molecular weight excluding hydrogens is 262 g/mol. The second-order valence-electron chi connectivity index (χ2n) is 5.45. The van der Waals surface area contributed by atoms with E-state index in [2.05, 4.69) is 10.6 Å². The molecule has 1 heterocycles. The summed E-state index contributed by atoms with van der Waals surface area (Å²) in [6.45, 7) is 2.55. The van der Waals surface area contributed by atoms with Crippen molar-refractivity contribution in [3.63, 3.8) is 0 Å². The van der Waals surface area contributed by atoms with E-state index < -0.39 is 17.9 Å². The van der Waals surface area contributed by atoms with Crippen molar-refractivity contribution in [3.05, 3.63) is 0 Å². The minimum absolute atomic E-state index is 0.176. The molecule has 3 N–H and O–H groups in total. The van der Waals surface area contributed by atoms with Gasteiger partial charge in [-0.2, -0.15) is 0 Å². The van der Waals surface area contributed by atoms with Gasteiger partial charge in [0, 0.05) is 19.1 Å². The standard InChI is InChI=1S/C13H21N3O4/c1-8-11(17)14-6-7-16(8)13(20)15-10-5-3-2-4-9(10)12(18)19/h8-10H,2-7H2,1H3,(H,14,17)(H,15,20)(H,18,19). The van der Waals surface area contributed by atoms with E-state index in [1.807, 2.05) is 0 Å². The Morgan fingerprint density at radius 1 is 1.35 bits per heavy atom. The molecule has 1 aliphatic heterocycles. The molecule has 2 fully saturated rings. The monoisotopic (exact) mass is 283 g/mol. The van der Waals surface area contributed by atoms with Crippen LogP contribution < -0.4 is 10.6 Å². The molecule has 1 saturated carbocycles. The molecule has 7 nitrogen and oxygen atoms in total. The van der Waals surface area contributed by atoms with Crippen LogP contribution in [-0.4, -0.2) is 53.1 Å². The molecule has 3 unspecified atom stereocenters. The number of urea groups is 1. The van der Waals surface area contributed by atoms with Crippen molar-refractivity contribution in [1.29, 1.82) is 0 Å². The van der Waals surface area contributed by atoms with Crippen LogP contribution in [0.2, 0.25) is 0 Å².